The van der Waals surface area contributed by atoms with Gasteiger partial charge >= 0.3 is 5.97 Å². The van der Waals surface area contributed by atoms with Gasteiger partial charge in [0.25, 0.3) is 0 Å². The van der Waals surface area contributed by atoms with Crippen LogP contribution in [0.4, 0.5) is 0 Å². The lowest BCUT2D eigenvalue weighted by atomic mass is 9.90. The number of carbonyl (C=O) groups is 2. The minimum Gasteiger partial charge on any atom is -0.490 e. The molecule has 17 heavy (non-hydrogen) atoms. The summed E-state index contributed by atoms with van der Waals surface area (Å²) in [6, 6.07) is 1.39. The Hall–Kier alpha value is -1.91. The second-order valence-electron chi connectivity index (χ2n) is 4.56. The highest BCUT2D eigenvalue weighted by Gasteiger charge is 2.36. The Morgan fingerprint density at radius 3 is 2.88 bits per heavy atom. The summed E-state index contributed by atoms with van der Waals surface area (Å²) in [4.78, 5) is 26.7. The van der Waals surface area contributed by atoms with Crippen LogP contribution in [0.3, 0.4) is 0 Å². The molecule has 0 amide bonds. The zero-order valence-electron chi connectivity index (χ0n) is 9.94. The lowest BCUT2D eigenvalue weighted by Crippen LogP contribution is -2.20. The van der Waals surface area contributed by atoms with Crippen molar-refractivity contribution in [3.63, 3.8) is 0 Å². The third-order valence-electron chi connectivity index (χ3n) is 2.74. The van der Waals surface area contributed by atoms with Gasteiger partial charge in [-0.15, -0.1) is 0 Å². The number of hydrogen-bond donors (Lipinski definition) is 0. The zero-order chi connectivity index (χ0) is 12.6. The van der Waals surface area contributed by atoms with Gasteiger partial charge < -0.3 is 9.47 Å². The maximum absolute atomic E-state index is 11.5. The van der Waals surface area contributed by atoms with E-state index in [4.69, 9.17) is 4.74 Å². The van der Waals surface area contributed by atoms with E-state index >= 15 is 0 Å². The Labute approximate surface area is 98.7 Å². The van der Waals surface area contributed by atoms with Crippen LogP contribution in [0.25, 0.3) is 0 Å². The molecular formula is C12H13NO4. The van der Waals surface area contributed by atoms with E-state index in [-0.39, 0.29) is 11.1 Å². The van der Waals surface area contributed by atoms with Gasteiger partial charge in [0.15, 0.2) is 12.0 Å². The van der Waals surface area contributed by atoms with Crippen LogP contribution in [0.2, 0.25) is 0 Å². The summed E-state index contributed by atoms with van der Waals surface area (Å²) in [5.41, 5.74) is 0.785. The van der Waals surface area contributed by atoms with E-state index in [1.54, 1.807) is 0 Å². The smallest absolute Gasteiger partial charge is 0.356 e. The first-order chi connectivity index (χ1) is 7.99. The molecule has 5 nitrogen and oxygen atoms in total. The molecule has 0 saturated carbocycles. The zero-order valence-corrected chi connectivity index (χ0v) is 9.94. The predicted octanol–water partition coefficient (Wildman–Crippen LogP) is 1.35. The number of aldehydes is 1. The molecular weight excluding hydrogens is 222 g/mol. The lowest BCUT2D eigenvalue weighted by Gasteiger charge is -2.14. The molecule has 5 heteroatoms. The second-order valence-corrected chi connectivity index (χ2v) is 4.56. The number of fused-ring (bicyclic) bond motifs is 1. The lowest BCUT2D eigenvalue weighted by molar-refractivity contribution is 0.0593. The van der Waals surface area contributed by atoms with Gasteiger partial charge in [-0.3, -0.25) is 4.79 Å². The number of carbonyl (C=O) groups excluding carboxylic acids is 2. The first-order valence-electron chi connectivity index (χ1n) is 5.21. The number of rotatable bonds is 2. The topological polar surface area (TPSA) is 65.5 Å². The molecule has 1 aliphatic heterocycles. The maximum Gasteiger partial charge on any atom is 0.356 e. The molecule has 0 spiro atoms. The number of hydrogen-bond acceptors (Lipinski definition) is 5. The first-order valence-corrected chi connectivity index (χ1v) is 5.21. The monoisotopic (exact) mass is 235 g/mol. The number of methoxy groups -OCH3 is 1. The molecule has 2 rings (SSSR count). The average molecular weight is 235 g/mol. The van der Waals surface area contributed by atoms with Crippen LogP contribution >= 0.6 is 0 Å². The fourth-order valence-corrected chi connectivity index (χ4v) is 1.78. The van der Waals surface area contributed by atoms with Crippen molar-refractivity contribution in [1.82, 2.24) is 4.98 Å². The molecule has 0 unspecified atom stereocenters. The van der Waals surface area contributed by atoms with Gasteiger partial charge in [0, 0.05) is 5.41 Å². The SMILES string of the molecule is COC(=O)c1cc(C=O)c2c(n1)C(C)(C)CO2. The summed E-state index contributed by atoms with van der Waals surface area (Å²) >= 11 is 0. The highest BCUT2D eigenvalue weighted by Crippen LogP contribution is 2.39. The molecule has 1 aliphatic rings. The summed E-state index contributed by atoms with van der Waals surface area (Å²) in [6.07, 6.45) is 0.661. The molecule has 90 valence electrons. The molecule has 0 aliphatic carbocycles. The van der Waals surface area contributed by atoms with Crippen molar-refractivity contribution in [3.8, 4) is 5.75 Å². The van der Waals surface area contributed by atoms with E-state index in [0.717, 1.165) is 0 Å². The van der Waals surface area contributed by atoms with Gasteiger partial charge in [0.1, 0.15) is 5.69 Å². The van der Waals surface area contributed by atoms with Gasteiger partial charge in [0.2, 0.25) is 0 Å². The minimum absolute atomic E-state index is 0.131. The predicted molar refractivity (Wildman–Crippen MR) is 59.5 cm³/mol. The number of pyridine rings is 1. The molecule has 0 bridgehead atoms. The molecule has 1 aromatic rings. The highest BCUT2D eigenvalue weighted by molar-refractivity contribution is 5.91. The molecule has 0 radical (unpaired) electrons. The van der Waals surface area contributed by atoms with Gasteiger partial charge in [0.05, 0.1) is 25.0 Å². The van der Waals surface area contributed by atoms with Crippen LogP contribution in [0.15, 0.2) is 6.07 Å². The van der Waals surface area contributed by atoms with Crippen molar-refractivity contribution in [1.29, 1.82) is 0 Å². The van der Waals surface area contributed by atoms with Crippen molar-refractivity contribution >= 4 is 12.3 Å². The second kappa shape index (κ2) is 3.84. The first kappa shape index (κ1) is 11.6. The number of esters is 1. The van der Waals surface area contributed by atoms with Crippen molar-refractivity contribution in [2.45, 2.75) is 19.3 Å². The third-order valence-corrected chi connectivity index (χ3v) is 2.74. The Balaban J connectivity index is 2.63. The summed E-state index contributed by atoms with van der Waals surface area (Å²) in [7, 11) is 1.28. The molecule has 0 aromatic carbocycles. The van der Waals surface area contributed by atoms with E-state index in [1.807, 2.05) is 13.8 Å². The van der Waals surface area contributed by atoms with Gasteiger partial charge in [-0.1, -0.05) is 13.8 Å². The largest absolute Gasteiger partial charge is 0.490 e. The summed E-state index contributed by atoms with van der Waals surface area (Å²) in [5, 5.41) is 0. The quantitative estimate of drug-likeness (QED) is 0.572. The van der Waals surface area contributed by atoms with Crippen LogP contribution in [0.1, 0.15) is 40.4 Å². The van der Waals surface area contributed by atoms with Crippen LogP contribution in [0.5, 0.6) is 5.75 Å². The van der Waals surface area contributed by atoms with Gasteiger partial charge in [-0.05, 0) is 6.07 Å². The van der Waals surface area contributed by atoms with E-state index in [9.17, 15) is 9.59 Å². The number of nitrogens with zero attached hydrogens (tertiary/aromatic N) is 1. The molecule has 1 aromatic heterocycles. The Morgan fingerprint density at radius 2 is 2.29 bits per heavy atom. The fraction of sp³-hybridized carbons (Fsp3) is 0.417. The molecule has 0 fully saturated rings. The van der Waals surface area contributed by atoms with Crippen LogP contribution < -0.4 is 4.74 Å². The van der Waals surface area contributed by atoms with Crippen molar-refractivity contribution < 1.29 is 19.1 Å². The Bertz CT molecular complexity index is 494. The molecule has 0 saturated heterocycles. The number of ether oxygens (including phenoxy) is 2. The highest BCUT2D eigenvalue weighted by atomic mass is 16.5. The van der Waals surface area contributed by atoms with Crippen LogP contribution in [-0.2, 0) is 10.2 Å². The summed E-state index contributed by atoms with van der Waals surface area (Å²) in [6.45, 7) is 4.34. The van der Waals surface area contributed by atoms with E-state index in [1.165, 1.54) is 13.2 Å². The fourth-order valence-electron chi connectivity index (χ4n) is 1.78. The van der Waals surface area contributed by atoms with Crippen LogP contribution in [0, 0.1) is 0 Å². The molecule has 2 heterocycles. The van der Waals surface area contributed by atoms with E-state index in [2.05, 4.69) is 9.72 Å². The van der Waals surface area contributed by atoms with E-state index < -0.39 is 5.97 Å². The minimum atomic E-state index is -0.557. The Kier molecular flexibility index (Phi) is 2.61. The van der Waals surface area contributed by atoms with Gasteiger partial charge in [-0.2, -0.15) is 0 Å². The summed E-state index contributed by atoms with van der Waals surface area (Å²) < 4.78 is 10.1. The van der Waals surface area contributed by atoms with E-state index in [0.29, 0.717) is 29.9 Å². The van der Waals surface area contributed by atoms with Crippen molar-refractivity contribution in [2.75, 3.05) is 13.7 Å². The van der Waals surface area contributed by atoms with Crippen LogP contribution in [-0.4, -0.2) is 31.0 Å². The summed E-state index contributed by atoms with van der Waals surface area (Å²) in [5.74, 6) is -0.0868. The Morgan fingerprint density at radius 1 is 1.59 bits per heavy atom. The normalized spacial score (nSPS) is 15.9. The molecule has 0 atom stereocenters. The standard InChI is InChI=1S/C12H13NO4/c1-12(2)6-17-9-7(5-14)4-8(11(15)16-3)13-10(9)12/h4-5H,6H2,1-3H3. The maximum atomic E-state index is 11.5. The number of aromatic nitrogens is 1. The van der Waals surface area contributed by atoms with Gasteiger partial charge in [-0.25, -0.2) is 9.78 Å². The van der Waals surface area contributed by atoms with Crippen molar-refractivity contribution in [2.24, 2.45) is 0 Å². The third kappa shape index (κ3) is 1.77. The average Bonchev–Trinajstić information content (AvgIpc) is 2.63. The van der Waals surface area contributed by atoms with Crippen molar-refractivity contribution in [3.05, 3.63) is 23.0 Å². The molecule has 0 N–H and O–H groups in total.